The van der Waals surface area contributed by atoms with Crippen molar-refractivity contribution in [1.29, 1.82) is 5.26 Å². The number of carbonyl (C=O) groups is 2. The van der Waals surface area contributed by atoms with Crippen LogP contribution in [-0.2, 0) is 0 Å². The molecule has 4 aromatic rings. The molecular formula is C27H23ClN6O2. The molecule has 2 aromatic heterocycles. The van der Waals surface area contributed by atoms with E-state index in [9.17, 15) is 14.9 Å². The van der Waals surface area contributed by atoms with Crippen LogP contribution in [0.15, 0.2) is 72.9 Å². The van der Waals surface area contributed by atoms with Crippen LogP contribution < -0.4 is 10.6 Å². The van der Waals surface area contributed by atoms with Crippen molar-refractivity contribution in [2.75, 3.05) is 18.4 Å². The van der Waals surface area contributed by atoms with E-state index in [0.717, 1.165) is 5.56 Å². The van der Waals surface area contributed by atoms with Crippen LogP contribution in [0, 0.1) is 18.3 Å². The van der Waals surface area contributed by atoms with Crippen molar-refractivity contribution in [3.63, 3.8) is 0 Å². The van der Waals surface area contributed by atoms with Gasteiger partial charge in [0.05, 0.1) is 5.69 Å². The number of nitrogens with zero attached hydrogens (tertiary/aromatic N) is 4. The molecule has 0 fully saturated rings. The first-order valence-corrected chi connectivity index (χ1v) is 11.7. The van der Waals surface area contributed by atoms with E-state index >= 15 is 0 Å². The molecular weight excluding hydrogens is 476 g/mol. The van der Waals surface area contributed by atoms with Crippen molar-refractivity contribution in [2.45, 2.75) is 13.3 Å². The number of anilines is 1. The van der Waals surface area contributed by atoms with Crippen molar-refractivity contribution in [1.82, 2.24) is 20.1 Å². The minimum absolute atomic E-state index is 0.0576. The monoisotopic (exact) mass is 498 g/mol. The summed E-state index contributed by atoms with van der Waals surface area (Å²) in [7, 11) is 0. The molecule has 180 valence electrons. The molecule has 0 aliphatic carbocycles. The summed E-state index contributed by atoms with van der Waals surface area (Å²) in [4.78, 5) is 29.5. The van der Waals surface area contributed by atoms with Gasteiger partial charge in [-0.15, -0.1) is 0 Å². The van der Waals surface area contributed by atoms with E-state index in [1.807, 2.05) is 19.1 Å². The van der Waals surface area contributed by atoms with E-state index in [4.69, 9.17) is 11.6 Å². The molecule has 0 unspecified atom stereocenters. The standard InChI is InChI=1S/C27H23ClN6O2/c1-18-6-8-19(9-7-18)25(35)24-22(17-29)26(34(33-24)21-12-10-20(28)11-13-21)31-15-4-16-32-27(36)23-5-2-3-14-30-23/h2-3,5-14,31H,4,15-16H2,1H3,(H,32,36). The van der Waals surface area contributed by atoms with Gasteiger partial charge in [0.2, 0.25) is 5.78 Å². The van der Waals surface area contributed by atoms with Gasteiger partial charge in [-0.05, 0) is 49.7 Å². The molecule has 9 heteroatoms. The van der Waals surface area contributed by atoms with Crippen molar-refractivity contribution in [3.05, 3.63) is 106 Å². The van der Waals surface area contributed by atoms with E-state index < -0.39 is 0 Å². The summed E-state index contributed by atoms with van der Waals surface area (Å²) in [5.41, 5.74) is 2.66. The number of halogens is 1. The van der Waals surface area contributed by atoms with Crippen LogP contribution in [0.3, 0.4) is 0 Å². The minimum atomic E-state index is -0.343. The molecule has 36 heavy (non-hydrogen) atoms. The fourth-order valence-corrected chi connectivity index (χ4v) is 3.67. The highest BCUT2D eigenvalue weighted by atomic mass is 35.5. The van der Waals surface area contributed by atoms with Crippen molar-refractivity contribution in [2.24, 2.45) is 0 Å². The average Bonchev–Trinajstić information content (AvgIpc) is 3.27. The number of aryl methyl sites for hydroxylation is 1. The number of ketones is 1. The highest BCUT2D eigenvalue weighted by molar-refractivity contribution is 6.30. The minimum Gasteiger partial charge on any atom is -0.369 e. The highest BCUT2D eigenvalue weighted by Gasteiger charge is 2.25. The van der Waals surface area contributed by atoms with Crippen LogP contribution >= 0.6 is 11.6 Å². The second-order valence-electron chi connectivity index (χ2n) is 8.02. The van der Waals surface area contributed by atoms with E-state index in [1.54, 1.807) is 60.8 Å². The lowest BCUT2D eigenvalue weighted by Crippen LogP contribution is -2.26. The van der Waals surface area contributed by atoms with E-state index in [2.05, 4.69) is 26.8 Å². The number of aromatic nitrogens is 3. The Morgan fingerprint density at radius 1 is 1.03 bits per heavy atom. The van der Waals surface area contributed by atoms with Gasteiger partial charge in [0.15, 0.2) is 5.69 Å². The van der Waals surface area contributed by atoms with Crippen LogP contribution in [-0.4, -0.2) is 39.5 Å². The molecule has 1 amide bonds. The van der Waals surface area contributed by atoms with Crippen LogP contribution in [0.25, 0.3) is 5.69 Å². The Labute approximate surface area is 213 Å². The number of amides is 1. The first-order valence-electron chi connectivity index (χ1n) is 11.3. The molecule has 0 aliphatic rings. The third-order valence-electron chi connectivity index (χ3n) is 5.43. The number of rotatable bonds is 9. The maximum atomic E-state index is 13.2. The zero-order valence-corrected chi connectivity index (χ0v) is 20.3. The predicted molar refractivity (Wildman–Crippen MR) is 138 cm³/mol. The second kappa shape index (κ2) is 11.3. The van der Waals surface area contributed by atoms with Crippen LogP contribution in [0.5, 0.6) is 0 Å². The van der Waals surface area contributed by atoms with E-state index in [1.165, 1.54) is 4.68 Å². The number of hydrogen-bond acceptors (Lipinski definition) is 6. The van der Waals surface area contributed by atoms with Crippen molar-refractivity contribution < 1.29 is 9.59 Å². The Balaban J connectivity index is 1.55. The number of nitrogens with one attached hydrogen (secondary N) is 2. The largest absolute Gasteiger partial charge is 0.369 e. The predicted octanol–water partition coefficient (Wildman–Crippen LogP) is 4.56. The molecule has 2 N–H and O–H groups in total. The van der Waals surface area contributed by atoms with E-state index in [-0.39, 0.29) is 22.9 Å². The zero-order valence-electron chi connectivity index (χ0n) is 19.5. The van der Waals surface area contributed by atoms with E-state index in [0.29, 0.717) is 47.3 Å². The lowest BCUT2D eigenvalue weighted by molar-refractivity contribution is 0.0948. The topological polar surface area (TPSA) is 113 Å². The van der Waals surface area contributed by atoms with Gasteiger partial charge in [0, 0.05) is 29.9 Å². The summed E-state index contributed by atoms with van der Waals surface area (Å²) in [5.74, 6) is -0.207. The number of carbonyl (C=O) groups excluding carboxylic acids is 2. The summed E-state index contributed by atoms with van der Waals surface area (Å²) < 4.78 is 1.53. The Kier molecular flexibility index (Phi) is 7.73. The van der Waals surface area contributed by atoms with Crippen molar-refractivity contribution >= 4 is 29.1 Å². The molecule has 0 bridgehead atoms. The van der Waals surface area contributed by atoms with Gasteiger partial charge >= 0.3 is 0 Å². The van der Waals surface area contributed by atoms with Crippen LogP contribution in [0.4, 0.5) is 5.82 Å². The number of hydrogen-bond donors (Lipinski definition) is 2. The molecule has 0 radical (unpaired) electrons. The maximum absolute atomic E-state index is 13.2. The molecule has 0 atom stereocenters. The zero-order chi connectivity index (χ0) is 25.5. The Morgan fingerprint density at radius 2 is 1.78 bits per heavy atom. The van der Waals surface area contributed by atoms with Gasteiger partial charge in [-0.1, -0.05) is 47.5 Å². The molecule has 2 aromatic carbocycles. The third kappa shape index (κ3) is 5.59. The van der Waals surface area contributed by atoms with Gasteiger partial charge in [0.1, 0.15) is 23.1 Å². The Morgan fingerprint density at radius 3 is 2.44 bits per heavy atom. The fourth-order valence-electron chi connectivity index (χ4n) is 3.54. The molecule has 0 saturated heterocycles. The molecule has 8 nitrogen and oxygen atoms in total. The van der Waals surface area contributed by atoms with Crippen LogP contribution in [0.1, 0.15) is 44.1 Å². The second-order valence-corrected chi connectivity index (χ2v) is 8.46. The molecule has 0 saturated carbocycles. The first kappa shape index (κ1) is 24.6. The van der Waals surface area contributed by atoms with Gasteiger partial charge in [0.25, 0.3) is 5.91 Å². The van der Waals surface area contributed by atoms with Crippen LogP contribution in [0.2, 0.25) is 5.02 Å². The summed E-state index contributed by atoms with van der Waals surface area (Å²) in [6.07, 6.45) is 2.13. The number of pyridine rings is 1. The summed E-state index contributed by atoms with van der Waals surface area (Å²) in [6.45, 7) is 2.76. The normalized spacial score (nSPS) is 10.5. The molecule has 0 aliphatic heterocycles. The average molecular weight is 499 g/mol. The van der Waals surface area contributed by atoms with Gasteiger partial charge in [-0.3, -0.25) is 14.6 Å². The Bertz CT molecular complexity index is 1410. The quantitative estimate of drug-likeness (QED) is 0.258. The summed E-state index contributed by atoms with van der Waals surface area (Å²) >= 11 is 6.04. The van der Waals surface area contributed by atoms with Gasteiger partial charge in [-0.2, -0.15) is 10.4 Å². The number of nitriles is 1. The third-order valence-corrected chi connectivity index (χ3v) is 5.68. The number of benzene rings is 2. The lowest BCUT2D eigenvalue weighted by Gasteiger charge is -2.11. The lowest BCUT2D eigenvalue weighted by atomic mass is 10.0. The maximum Gasteiger partial charge on any atom is 0.269 e. The van der Waals surface area contributed by atoms with Crippen molar-refractivity contribution in [3.8, 4) is 11.8 Å². The smallest absolute Gasteiger partial charge is 0.269 e. The Hall–Kier alpha value is -4.48. The first-order chi connectivity index (χ1) is 17.5. The molecule has 0 spiro atoms. The highest BCUT2D eigenvalue weighted by Crippen LogP contribution is 2.26. The molecule has 4 rings (SSSR count). The fraction of sp³-hybridized carbons (Fsp3) is 0.148. The molecule has 2 heterocycles. The summed E-state index contributed by atoms with van der Waals surface area (Å²) in [5, 5.41) is 21.1. The van der Waals surface area contributed by atoms with Gasteiger partial charge in [-0.25, -0.2) is 4.68 Å². The van der Waals surface area contributed by atoms with Gasteiger partial charge < -0.3 is 10.6 Å². The summed E-state index contributed by atoms with van der Waals surface area (Å²) in [6, 6.07) is 21.3. The SMILES string of the molecule is Cc1ccc(C(=O)c2nn(-c3ccc(Cl)cc3)c(NCCCNC(=O)c3ccccn3)c2C#N)cc1.